The second-order valence-corrected chi connectivity index (χ2v) is 3.35. The maximum atomic E-state index is 11.5. The molecule has 1 aromatic heterocycles. The zero-order valence-corrected chi connectivity index (χ0v) is 9.13. The van der Waals surface area contributed by atoms with Crippen molar-refractivity contribution in [2.24, 2.45) is 0 Å². The van der Waals surface area contributed by atoms with Crippen LogP contribution in [0.3, 0.4) is 0 Å². The Morgan fingerprint density at radius 3 is 2.94 bits per heavy atom. The summed E-state index contributed by atoms with van der Waals surface area (Å²) in [6.07, 6.45) is 0.990. The van der Waals surface area contributed by atoms with Gasteiger partial charge in [-0.3, -0.25) is 4.79 Å². The van der Waals surface area contributed by atoms with E-state index < -0.39 is 0 Å². The molecule has 5 nitrogen and oxygen atoms in total. The zero-order chi connectivity index (χ0) is 12.0. The number of nitrogens with one attached hydrogen (secondary N) is 2. The molecule has 16 heavy (non-hydrogen) atoms. The highest BCUT2D eigenvalue weighted by atomic mass is 32.1. The van der Waals surface area contributed by atoms with Gasteiger partial charge < -0.3 is 15.1 Å². The molecule has 6 heteroatoms. The molecule has 82 valence electrons. The number of aromatic nitrogens is 1. The number of rotatable bonds is 4. The van der Waals surface area contributed by atoms with E-state index in [1.807, 2.05) is 6.07 Å². The molecule has 0 saturated heterocycles. The highest BCUT2D eigenvalue weighted by Gasteiger charge is 2.05. The molecule has 1 rings (SSSR count). The first-order chi connectivity index (χ1) is 7.69. The standard InChI is InChI=1S/C10H9N3O2S/c11-6-7-2-3-8(13-10(7)16)9(15)12-4-1-5-14/h2-3,5H,1,4H2,(H,12,15)(H,13,16). The molecule has 0 bridgehead atoms. The minimum absolute atomic E-state index is 0.227. The van der Waals surface area contributed by atoms with Crippen molar-refractivity contribution < 1.29 is 9.59 Å². The molecule has 0 aliphatic carbocycles. The number of carbonyl (C=O) groups excluding carboxylic acids is 2. The molecule has 0 spiro atoms. The van der Waals surface area contributed by atoms with Crippen LogP contribution in [-0.4, -0.2) is 23.7 Å². The SMILES string of the molecule is N#Cc1ccc(C(=O)NCCC=O)[nH]c1=S. The Morgan fingerprint density at radius 1 is 1.62 bits per heavy atom. The largest absolute Gasteiger partial charge is 0.350 e. The van der Waals surface area contributed by atoms with Crippen LogP contribution in [0.15, 0.2) is 12.1 Å². The number of aldehydes is 1. The Balaban J connectivity index is 2.78. The highest BCUT2D eigenvalue weighted by Crippen LogP contribution is 2.01. The van der Waals surface area contributed by atoms with Crippen LogP contribution in [-0.2, 0) is 4.79 Å². The summed E-state index contributed by atoms with van der Waals surface area (Å²) in [5.74, 6) is -0.350. The van der Waals surface area contributed by atoms with Gasteiger partial charge in [0, 0.05) is 13.0 Å². The van der Waals surface area contributed by atoms with Crippen molar-refractivity contribution >= 4 is 24.4 Å². The fraction of sp³-hybridized carbons (Fsp3) is 0.200. The van der Waals surface area contributed by atoms with E-state index in [9.17, 15) is 9.59 Å². The van der Waals surface area contributed by atoms with E-state index in [-0.39, 0.29) is 29.2 Å². The molecule has 0 unspecified atom stereocenters. The number of H-pyrrole nitrogens is 1. The van der Waals surface area contributed by atoms with E-state index in [0.29, 0.717) is 5.56 Å². The molecule has 1 amide bonds. The maximum Gasteiger partial charge on any atom is 0.267 e. The molecule has 0 aliphatic rings. The van der Waals surface area contributed by atoms with Crippen LogP contribution in [0, 0.1) is 16.0 Å². The number of amides is 1. The van der Waals surface area contributed by atoms with Crippen molar-refractivity contribution in [2.45, 2.75) is 6.42 Å². The van der Waals surface area contributed by atoms with Gasteiger partial charge in [0.25, 0.3) is 5.91 Å². The summed E-state index contributed by atoms with van der Waals surface area (Å²) in [5, 5.41) is 11.2. The highest BCUT2D eigenvalue weighted by molar-refractivity contribution is 7.71. The third kappa shape index (κ3) is 3.00. The molecule has 2 N–H and O–H groups in total. The van der Waals surface area contributed by atoms with E-state index in [2.05, 4.69) is 10.3 Å². The Morgan fingerprint density at radius 2 is 2.38 bits per heavy atom. The first-order valence-electron chi connectivity index (χ1n) is 4.54. The van der Waals surface area contributed by atoms with E-state index in [1.165, 1.54) is 12.1 Å². The number of nitrogens with zero attached hydrogens (tertiary/aromatic N) is 1. The summed E-state index contributed by atoms with van der Waals surface area (Å²) in [7, 11) is 0. The number of nitriles is 1. The Kier molecular flexibility index (Phi) is 4.36. The van der Waals surface area contributed by atoms with Crippen molar-refractivity contribution in [2.75, 3.05) is 6.54 Å². The first-order valence-corrected chi connectivity index (χ1v) is 4.95. The molecule has 0 fully saturated rings. The lowest BCUT2D eigenvalue weighted by molar-refractivity contribution is -0.107. The van der Waals surface area contributed by atoms with Gasteiger partial charge in [0.05, 0.1) is 5.56 Å². The minimum atomic E-state index is -0.350. The van der Waals surface area contributed by atoms with Crippen molar-refractivity contribution in [1.29, 1.82) is 5.26 Å². The summed E-state index contributed by atoms with van der Waals surface area (Å²) < 4.78 is 0.227. The maximum absolute atomic E-state index is 11.5. The lowest BCUT2D eigenvalue weighted by Gasteiger charge is -2.03. The topological polar surface area (TPSA) is 85.8 Å². The van der Waals surface area contributed by atoms with Gasteiger partial charge in [-0.2, -0.15) is 5.26 Å². The monoisotopic (exact) mass is 235 g/mol. The minimum Gasteiger partial charge on any atom is -0.350 e. The lowest BCUT2D eigenvalue weighted by Crippen LogP contribution is -2.25. The van der Waals surface area contributed by atoms with Crippen LogP contribution in [0.4, 0.5) is 0 Å². The molecule has 0 aliphatic heterocycles. The van der Waals surface area contributed by atoms with Crippen molar-refractivity contribution in [3.8, 4) is 6.07 Å². The summed E-state index contributed by atoms with van der Waals surface area (Å²) >= 11 is 4.88. The average Bonchev–Trinajstić information content (AvgIpc) is 2.29. The molecule has 0 saturated carbocycles. The second kappa shape index (κ2) is 5.78. The van der Waals surface area contributed by atoms with Crippen LogP contribution in [0.25, 0.3) is 0 Å². The fourth-order valence-electron chi connectivity index (χ4n) is 1.03. The third-order valence-electron chi connectivity index (χ3n) is 1.82. The van der Waals surface area contributed by atoms with Gasteiger partial charge in [0.1, 0.15) is 22.7 Å². The number of carbonyl (C=O) groups is 2. The first kappa shape index (κ1) is 12.1. The van der Waals surface area contributed by atoms with E-state index in [0.717, 1.165) is 6.29 Å². The van der Waals surface area contributed by atoms with Gasteiger partial charge >= 0.3 is 0 Å². The third-order valence-corrected chi connectivity index (χ3v) is 2.14. The van der Waals surface area contributed by atoms with Crippen LogP contribution < -0.4 is 5.32 Å². The van der Waals surface area contributed by atoms with Crippen molar-refractivity contribution in [1.82, 2.24) is 10.3 Å². The van der Waals surface area contributed by atoms with Gasteiger partial charge in [-0.15, -0.1) is 0 Å². The Labute approximate surface area is 97.1 Å². The normalized spacial score (nSPS) is 9.19. The van der Waals surface area contributed by atoms with E-state index >= 15 is 0 Å². The zero-order valence-electron chi connectivity index (χ0n) is 8.32. The number of pyridine rings is 1. The molecule has 1 aromatic rings. The summed E-state index contributed by atoms with van der Waals surface area (Å²) in [5.41, 5.74) is 0.592. The Hall–Kier alpha value is -2.00. The van der Waals surface area contributed by atoms with Crippen LogP contribution in [0.5, 0.6) is 0 Å². The van der Waals surface area contributed by atoms with Gasteiger partial charge in [0.2, 0.25) is 0 Å². The van der Waals surface area contributed by atoms with Crippen molar-refractivity contribution in [3.63, 3.8) is 0 Å². The molecular formula is C10H9N3O2S. The predicted octanol–water partition coefficient (Wildman–Crippen LogP) is 0.935. The van der Waals surface area contributed by atoms with Gasteiger partial charge in [0.15, 0.2) is 0 Å². The molecule has 0 atom stereocenters. The average molecular weight is 235 g/mol. The number of hydrogen-bond acceptors (Lipinski definition) is 4. The summed E-state index contributed by atoms with van der Waals surface area (Å²) in [6.45, 7) is 0.281. The second-order valence-electron chi connectivity index (χ2n) is 2.94. The van der Waals surface area contributed by atoms with Crippen molar-refractivity contribution in [3.05, 3.63) is 28.0 Å². The number of hydrogen-bond donors (Lipinski definition) is 2. The smallest absolute Gasteiger partial charge is 0.267 e. The molecule has 0 aromatic carbocycles. The lowest BCUT2D eigenvalue weighted by atomic mass is 10.2. The summed E-state index contributed by atoms with van der Waals surface area (Å²) in [6, 6.07) is 4.86. The van der Waals surface area contributed by atoms with Gasteiger partial charge in [-0.05, 0) is 12.1 Å². The van der Waals surface area contributed by atoms with Crippen LogP contribution in [0.1, 0.15) is 22.5 Å². The van der Waals surface area contributed by atoms with E-state index in [4.69, 9.17) is 17.5 Å². The van der Waals surface area contributed by atoms with Gasteiger partial charge in [-0.25, -0.2) is 0 Å². The fourth-order valence-corrected chi connectivity index (χ4v) is 1.26. The van der Waals surface area contributed by atoms with Gasteiger partial charge in [-0.1, -0.05) is 12.2 Å². The molecular weight excluding hydrogens is 226 g/mol. The molecule has 0 radical (unpaired) electrons. The summed E-state index contributed by atoms with van der Waals surface area (Å²) in [4.78, 5) is 24.2. The van der Waals surface area contributed by atoms with E-state index in [1.54, 1.807) is 0 Å². The predicted molar refractivity (Wildman–Crippen MR) is 59.4 cm³/mol. The molecule has 1 heterocycles. The van der Waals surface area contributed by atoms with Crippen LogP contribution in [0.2, 0.25) is 0 Å². The quantitative estimate of drug-likeness (QED) is 0.462. The van der Waals surface area contributed by atoms with Crippen LogP contribution >= 0.6 is 12.2 Å². The number of aromatic amines is 1. The Bertz CT molecular complexity index is 502.